The van der Waals surface area contributed by atoms with Gasteiger partial charge in [-0.25, -0.2) is 0 Å². The van der Waals surface area contributed by atoms with E-state index in [0.29, 0.717) is 11.8 Å². The summed E-state index contributed by atoms with van der Waals surface area (Å²) in [6.45, 7) is 4.29. The maximum absolute atomic E-state index is 9.28. The number of nitrogens with one attached hydrogen (secondary N) is 1. The van der Waals surface area contributed by atoms with Crippen molar-refractivity contribution in [3.63, 3.8) is 0 Å². The number of hydrogen-bond acceptors (Lipinski definition) is 2. The van der Waals surface area contributed by atoms with E-state index in [1.165, 1.54) is 11.1 Å². The molecule has 0 aromatic heterocycles. The van der Waals surface area contributed by atoms with Crippen LogP contribution in [0, 0.1) is 0 Å². The zero-order valence-electron chi connectivity index (χ0n) is 10.8. The summed E-state index contributed by atoms with van der Waals surface area (Å²) in [6, 6.07) is 18.3. The summed E-state index contributed by atoms with van der Waals surface area (Å²) in [5.74, 6) is 0.307. The lowest BCUT2D eigenvalue weighted by atomic mass is 10.0. The fourth-order valence-electron chi connectivity index (χ4n) is 2.07. The predicted octanol–water partition coefficient (Wildman–Crippen LogP) is 3.80. The summed E-state index contributed by atoms with van der Waals surface area (Å²) in [5.41, 5.74) is 2.46. The largest absolute Gasteiger partial charge is 0.508 e. The van der Waals surface area contributed by atoms with Gasteiger partial charge in [-0.2, -0.15) is 0 Å². The highest BCUT2D eigenvalue weighted by Gasteiger charge is 2.10. The Morgan fingerprint density at radius 2 is 1.28 bits per heavy atom. The van der Waals surface area contributed by atoms with Crippen LogP contribution in [0.4, 0.5) is 0 Å². The number of phenols is 1. The van der Waals surface area contributed by atoms with Gasteiger partial charge in [-0.15, -0.1) is 0 Å². The third-order valence-corrected chi connectivity index (χ3v) is 3.19. The van der Waals surface area contributed by atoms with Gasteiger partial charge in [0.25, 0.3) is 0 Å². The van der Waals surface area contributed by atoms with Crippen LogP contribution in [0.3, 0.4) is 0 Å². The van der Waals surface area contributed by atoms with E-state index in [1.54, 1.807) is 12.1 Å². The Labute approximate surface area is 108 Å². The Morgan fingerprint density at radius 3 is 1.83 bits per heavy atom. The summed E-state index contributed by atoms with van der Waals surface area (Å²) in [7, 11) is 0. The van der Waals surface area contributed by atoms with E-state index >= 15 is 0 Å². The Balaban J connectivity index is 2.03. The molecule has 0 saturated carbocycles. The molecule has 0 aliphatic rings. The van der Waals surface area contributed by atoms with Crippen LogP contribution in [0.15, 0.2) is 54.6 Å². The Hall–Kier alpha value is -1.80. The molecule has 2 unspecified atom stereocenters. The quantitative estimate of drug-likeness (QED) is 0.853. The average molecular weight is 241 g/mol. The number of benzene rings is 2. The van der Waals surface area contributed by atoms with Crippen molar-refractivity contribution in [2.24, 2.45) is 0 Å². The van der Waals surface area contributed by atoms with E-state index in [9.17, 15) is 5.11 Å². The van der Waals surface area contributed by atoms with Gasteiger partial charge in [0.2, 0.25) is 0 Å². The Bertz CT molecular complexity index is 478. The molecule has 2 aromatic rings. The smallest absolute Gasteiger partial charge is 0.115 e. The van der Waals surface area contributed by atoms with Gasteiger partial charge in [-0.3, -0.25) is 0 Å². The molecule has 0 saturated heterocycles. The van der Waals surface area contributed by atoms with Crippen molar-refractivity contribution in [3.8, 4) is 5.75 Å². The highest BCUT2D eigenvalue weighted by Crippen LogP contribution is 2.20. The SMILES string of the molecule is CC(NC(C)c1ccc(O)cc1)c1ccccc1. The van der Waals surface area contributed by atoms with Crippen molar-refractivity contribution in [2.45, 2.75) is 25.9 Å². The molecule has 18 heavy (non-hydrogen) atoms. The first-order valence-corrected chi connectivity index (χ1v) is 6.27. The molecule has 0 fully saturated rings. The molecule has 0 aliphatic heterocycles. The molecular weight excluding hydrogens is 222 g/mol. The van der Waals surface area contributed by atoms with E-state index in [2.05, 4.69) is 43.4 Å². The monoisotopic (exact) mass is 241 g/mol. The van der Waals surface area contributed by atoms with Gasteiger partial charge in [-0.05, 0) is 37.1 Å². The third-order valence-electron chi connectivity index (χ3n) is 3.19. The van der Waals surface area contributed by atoms with E-state index in [4.69, 9.17) is 0 Å². The summed E-state index contributed by atoms with van der Waals surface area (Å²) < 4.78 is 0. The van der Waals surface area contributed by atoms with Crippen molar-refractivity contribution < 1.29 is 5.11 Å². The van der Waals surface area contributed by atoms with Gasteiger partial charge in [0.05, 0.1) is 0 Å². The van der Waals surface area contributed by atoms with Crippen LogP contribution in [0.2, 0.25) is 0 Å². The molecule has 0 spiro atoms. The second-order valence-corrected chi connectivity index (χ2v) is 4.61. The fraction of sp³-hybridized carbons (Fsp3) is 0.250. The third kappa shape index (κ3) is 3.11. The fourth-order valence-corrected chi connectivity index (χ4v) is 2.07. The van der Waals surface area contributed by atoms with Crippen LogP contribution < -0.4 is 5.32 Å². The standard InChI is InChI=1S/C16H19NO/c1-12(14-6-4-3-5-7-14)17-13(2)15-8-10-16(18)11-9-15/h3-13,17-18H,1-2H3. The zero-order chi connectivity index (χ0) is 13.0. The summed E-state index contributed by atoms with van der Waals surface area (Å²) >= 11 is 0. The highest BCUT2D eigenvalue weighted by molar-refractivity contribution is 5.28. The second kappa shape index (κ2) is 5.69. The summed E-state index contributed by atoms with van der Waals surface area (Å²) in [6.07, 6.45) is 0. The van der Waals surface area contributed by atoms with Crippen LogP contribution in [0.5, 0.6) is 5.75 Å². The Morgan fingerprint density at radius 1 is 0.778 bits per heavy atom. The second-order valence-electron chi connectivity index (χ2n) is 4.61. The number of aromatic hydroxyl groups is 1. The zero-order valence-corrected chi connectivity index (χ0v) is 10.8. The highest BCUT2D eigenvalue weighted by atomic mass is 16.3. The lowest BCUT2D eigenvalue weighted by Gasteiger charge is -2.20. The van der Waals surface area contributed by atoms with Crippen LogP contribution in [-0.2, 0) is 0 Å². The van der Waals surface area contributed by atoms with E-state index in [1.807, 2.05) is 18.2 Å². The predicted molar refractivity (Wildman–Crippen MR) is 74.5 cm³/mol. The molecule has 2 heteroatoms. The number of phenolic OH excluding ortho intramolecular Hbond substituents is 1. The van der Waals surface area contributed by atoms with Crippen LogP contribution in [0.25, 0.3) is 0 Å². The van der Waals surface area contributed by atoms with Gasteiger partial charge in [0, 0.05) is 12.1 Å². The molecule has 0 aliphatic carbocycles. The van der Waals surface area contributed by atoms with Gasteiger partial charge in [-0.1, -0.05) is 42.5 Å². The summed E-state index contributed by atoms with van der Waals surface area (Å²) in [4.78, 5) is 0. The van der Waals surface area contributed by atoms with Crippen molar-refractivity contribution in [3.05, 3.63) is 65.7 Å². The molecule has 0 bridgehead atoms. The first-order valence-electron chi connectivity index (χ1n) is 6.27. The maximum atomic E-state index is 9.28. The van der Waals surface area contributed by atoms with Crippen molar-refractivity contribution in [1.82, 2.24) is 5.32 Å². The van der Waals surface area contributed by atoms with Gasteiger partial charge >= 0.3 is 0 Å². The molecular formula is C16H19NO. The minimum absolute atomic E-state index is 0.251. The lowest BCUT2D eigenvalue weighted by molar-refractivity contribution is 0.472. The van der Waals surface area contributed by atoms with E-state index in [-0.39, 0.29) is 6.04 Å². The normalized spacial score (nSPS) is 14.1. The number of hydrogen-bond donors (Lipinski definition) is 2. The molecule has 2 N–H and O–H groups in total. The van der Waals surface area contributed by atoms with Crippen molar-refractivity contribution >= 4 is 0 Å². The summed E-state index contributed by atoms with van der Waals surface area (Å²) in [5, 5.41) is 12.8. The first-order chi connectivity index (χ1) is 8.66. The van der Waals surface area contributed by atoms with Gasteiger partial charge in [0.15, 0.2) is 0 Å². The average Bonchev–Trinajstić information content (AvgIpc) is 2.40. The first kappa shape index (κ1) is 12.7. The van der Waals surface area contributed by atoms with E-state index in [0.717, 1.165) is 0 Å². The van der Waals surface area contributed by atoms with Crippen LogP contribution in [0.1, 0.15) is 37.1 Å². The van der Waals surface area contributed by atoms with E-state index < -0.39 is 0 Å². The van der Waals surface area contributed by atoms with Crippen molar-refractivity contribution in [1.29, 1.82) is 0 Å². The maximum Gasteiger partial charge on any atom is 0.115 e. The molecule has 0 heterocycles. The Kier molecular flexibility index (Phi) is 4.00. The molecule has 0 amide bonds. The molecule has 2 nitrogen and oxygen atoms in total. The van der Waals surface area contributed by atoms with Crippen molar-refractivity contribution in [2.75, 3.05) is 0 Å². The molecule has 94 valence electrons. The minimum Gasteiger partial charge on any atom is -0.508 e. The van der Waals surface area contributed by atoms with Crippen LogP contribution >= 0.6 is 0 Å². The lowest BCUT2D eigenvalue weighted by Crippen LogP contribution is -2.22. The van der Waals surface area contributed by atoms with Gasteiger partial charge < -0.3 is 10.4 Å². The molecule has 2 atom stereocenters. The molecule has 2 aromatic carbocycles. The number of rotatable bonds is 4. The topological polar surface area (TPSA) is 32.3 Å². The molecule has 0 radical (unpaired) electrons. The van der Waals surface area contributed by atoms with Gasteiger partial charge in [0.1, 0.15) is 5.75 Å². The minimum atomic E-state index is 0.251. The van der Waals surface area contributed by atoms with Crippen LogP contribution in [-0.4, -0.2) is 5.11 Å². The molecule has 2 rings (SSSR count).